The lowest BCUT2D eigenvalue weighted by Crippen LogP contribution is -2.27. The smallest absolute Gasteiger partial charge is 0.355 e. The lowest BCUT2D eigenvalue weighted by molar-refractivity contribution is -0.139. The van der Waals surface area contributed by atoms with Gasteiger partial charge in [0.25, 0.3) is 0 Å². The fourth-order valence-electron chi connectivity index (χ4n) is 3.13. The van der Waals surface area contributed by atoms with Gasteiger partial charge in [-0.05, 0) is 42.7 Å². The number of benzene rings is 1. The molecular weight excluding hydrogens is 334 g/mol. The number of carbonyl (C=O) groups excluding carboxylic acids is 3. The molecule has 0 aromatic heterocycles. The lowest BCUT2D eigenvalue weighted by Gasteiger charge is -2.25. The lowest BCUT2D eigenvalue weighted by atomic mass is 9.90. The largest absolute Gasteiger partial charge is 0.465 e. The Bertz CT molecular complexity index is 863. The standard InChI is InChI=1S/C20H19NO5/c1-25-19(23)15-7-3-4-11-21(18(15)20(24)26-2)14-10-9-13-6-5-8-17(22)16(13)12-14/h3-4,7,9-12H,5-6,8H2,1-2H3. The van der Waals surface area contributed by atoms with Crippen LogP contribution < -0.4 is 4.90 Å². The molecular formula is C20H19NO5. The Morgan fingerprint density at radius 3 is 2.54 bits per heavy atom. The maximum atomic E-state index is 12.4. The highest BCUT2D eigenvalue weighted by Crippen LogP contribution is 2.30. The van der Waals surface area contributed by atoms with Crippen molar-refractivity contribution in [2.45, 2.75) is 19.3 Å². The van der Waals surface area contributed by atoms with Crippen LogP contribution in [0.2, 0.25) is 0 Å². The van der Waals surface area contributed by atoms with E-state index in [2.05, 4.69) is 0 Å². The van der Waals surface area contributed by atoms with E-state index >= 15 is 0 Å². The molecule has 0 saturated heterocycles. The molecule has 0 spiro atoms. The van der Waals surface area contributed by atoms with Crippen molar-refractivity contribution in [2.24, 2.45) is 0 Å². The number of aryl methyl sites for hydroxylation is 1. The van der Waals surface area contributed by atoms with Gasteiger partial charge in [-0.1, -0.05) is 12.1 Å². The van der Waals surface area contributed by atoms with Gasteiger partial charge in [0, 0.05) is 23.9 Å². The van der Waals surface area contributed by atoms with Crippen molar-refractivity contribution in [2.75, 3.05) is 19.1 Å². The molecule has 0 unspecified atom stereocenters. The van der Waals surface area contributed by atoms with Crippen LogP contribution in [0.1, 0.15) is 28.8 Å². The van der Waals surface area contributed by atoms with Gasteiger partial charge in [-0.15, -0.1) is 0 Å². The van der Waals surface area contributed by atoms with Crippen molar-refractivity contribution < 1.29 is 23.9 Å². The quantitative estimate of drug-likeness (QED) is 0.778. The number of hydrogen-bond acceptors (Lipinski definition) is 6. The summed E-state index contributed by atoms with van der Waals surface area (Å²) in [5, 5.41) is 0. The van der Waals surface area contributed by atoms with Crippen LogP contribution in [0.4, 0.5) is 5.69 Å². The summed E-state index contributed by atoms with van der Waals surface area (Å²) in [7, 11) is 2.50. The molecule has 1 heterocycles. The monoisotopic (exact) mass is 353 g/mol. The summed E-state index contributed by atoms with van der Waals surface area (Å²) in [6.07, 6.45) is 8.69. The van der Waals surface area contributed by atoms with Crippen LogP contribution in [0.5, 0.6) is 0 Å². The molecule has 0 saturated carbocycles. The van der Waals surface area contributed by atoms with Crippen molar-refractivity contribution in [1.82, 2.24) is 0 Å². The van der Waals surface area contributed by atoms with Gasteiger partial charge >= 0.3 is 11.9 Å². The van der Waals surface area contributed by atoms with Crippen LogP contribution in [-0.4, -0.2) is 31.9 Å². The van der Waals surface area contributed by atoms with Crippen molar-refractivity contribution in [3.8, 4) is 0 Å². The van der Waals surface area contributed by atoms with Crippen LogP contribution in [0.25, 0.3) is 0 Å². The van der Waals surface area contributed by atoms with E-state index in [1.54, 1.807) is 29.3 Å². The minimum atomic E-state index is -0.675. The fraction of sp³-hybridized carbons (Fsp3) is 0.250. The Morgan fingerprint density at radius 1 is 1.04 bits per heavy atom. The number of methoxy groups -OCH3 is 2. The third-order valence-corrected chi connectivity index (χ3v) is 4.41. The number of ketones is 1. The van der Waals surface area contributed by atoms with Crippen LogP contribution in [0.15, 0.2) is 53.9 Å². The average Bonchev–Trinajstić information content (AvgIpc) is 2.90. The van der Waals surface area contributed by atoms with Gasteiger partial charge in [0.15, 0.2) is 5.78 Å². The third-order valence-electron chi connectivity index (χ3n) is 4.41. The average molecular weight is 353 g/mol. The highest BCUT2D eigenvalue weighted by Gasteiger charge is 2.28. The predicted octanol–water partition coefficient (Wildman–Crippen LogP) is 2.70. The molecule has 6 nitrogen and oxygen atoms in total. The minimum Gasteiger partial charge on any atom is -0.465 e. The summed E-state index contributed by atoms with van der Waals surface area (Å²) in [4.78, 5) is 38.4. The molecule has 1 aliphatic heterocycles. The second-order valence-corrected chi connectivity index (χ2v) is 5.93. The van der Waals surface area contributed by atoms with Crippen LogP contribution in [0.3, 0.4) is 0 Å². The number of rotatable bonds is 3. The van der Waals surface area contributed by atoms with E-state index in [0.717, 1.165) is 18.4 Å². The van der Waals surface area contributed by atoms with Gasteiger partial charge in [0.05, 0.1) is 19.8 Å². The fourth-order valence-corrected chi connectivity index (χ4v) is 3.13. The Labute approximate surface area is 151 Å². The highest BCUT2D eigenvalue weighted by atomic mass is 16.5. The Hall–Kier alpha value is -3.15. The molecule has 1 aromatic carbocycles. The number of nitrogens with zero attached hydrogens (tertiary/aromatic N) is 1. The third kappa shape index (κ3) is 3.18. The Kier molecular flexibility index (Phi) is 5.02. The molecule has 0 amide bonds. The zero-order valence-corrected chi connectivity index (χ0v) is 14.7. The van der Waals surface area contributed by atoms with E-state index in [1.807, 2.05) is 12.1 Å². The first-order valence-corrected chi connectivity index (χ1v) is 8.28. The second-order valence-electron chi connectivity index (χ2n) is 5.93. The van der Waals surface area contributed by atoms with Crippen LogP contribution in [-0.2, 0) is 25.5 Å². The number of ether oxygens (including phenoxy) is 2. The molecule has 1 aromatic rings. The summed E-state index contributed by atoms with van der Waals surface area (Å²) >= 11 is 0. The molecule has 2 aliphatic rings. The van der Waals surface area contributed by atoms with Gasteiger partial charge < -0.3 is 14.4 Å². The van der Waals surface area contributed by atoms with E-state index in [0.29, 0.717) is 17.7 Å². The van der Waals surface area contributed by atoms with Gasteiger partial charge in [0.1, 0.15) is 5.70 Å². The van der Waals surface area contributed by atoms with E-state index < -0.39 is 11.9 Å². The van der Waals surface area contributed by atoms with Crippen molar-refractivity contribution in [1.29, 1.82) is 0 Å². The van der Waals surface area contributed by atoms with Gasteiger partial charge in [-0.3, -0.25) is 4.79 Å². The second kappa shape index (κ2) is 7.39. The van der Waals surface area contributed by atoms with Gasteiger partial charge in [-0.2, -0.15) is 0 Å². The first-order valence-electron chi connectivity index (χ1n) is 8.28. The zero-order valence-electron chi connectivity index (χ0n) is 14.7. The maximum Gasteiger partial charge on any atom is 0.355 e. The SMILES string of the molecule is COC(=O)C1=C(C(=O)OC)N(c2ccc3c(c2)C(=O)CCC3)C=CC=C1. The first-order chi connectivity index (χ1) is 12.6. The number of esters is 2. The number of anilines is 1. The number of hydrogen-bond donors (Lipinski definition) is 0. The maximum absolute atomic E-state index is 12.4. The predicted molar refractivity (Wildman–Crippen MR) is 95.5 cm³/mol. The topological polar surface area (TPSA) is 72.9 Å². The molecule has 134 valence electrons. The molecule has 6 heteroatoms. The van der Waals surface area contributed by atoms with Gasteiger partial charge in [-0.25, -0.2) is 9.59 Å². The van der Waals surface area contributed by atoms with E-state index in [9.17, 15) is 14.4 Å². The van der Waals surface area contributed by atoms with Crippen molar-refractivity contribution >= 4 is 23.4 Å². The number of fused-ring (bicyclic) bond motifs is 1. The Morgan fingerprint density at radius 2 is 1.81 bits per heavy atom. The molecule has 0 atom stereocenters. The van der Waals surface area contributed by atoms with Crippen LogP contribution in [0, 0.1) is 0 Å². The summed E-state index contributed by atoms with van der Waals surface area (Å²) in [5.41, 5.74) is 2.36. The number of carbonyl (C=O) groups is 3. The van der Waals surface area contributed by atoms with E-state index in [1.165, 1.54) is 20.3 Å². The summed E-state index contributed by atoms with van der Waals surface area (Å²) in [5.74, 6) is -1.24. The molecule has 1 aliphatic carbocycles. The molecule has 0 fully saturated rings. The molecule has 0 radical (unpaired) electrons. The molecule has 0 N–H and O–H groups in total. The number of allylic oxidation sites excluding steroid dienone is 2. The van der Waals surface area contributed by atoms with Crippen LogP contribution >= 0.6 is 0 Å². The van der Waals surface area contributed by atoms with E-state index in [4.69, 9.17) is 9.47 Å². The first kappa shape index (κ1) is 17.7. The molecule has 0 bridgehead atoms. The van der Waals surface area contributed by atoms with Crippen molar-refractivity contribution in [3.63, 3.8) is 0 Å². The normalized spacial score (nSPS) is 16.2. The summed E-state index contributed by atoms with van der Waals surface area (Å²) < 4.78 is 9.67. The van der Waals surface area contributed by atoms with Crippen molar-refractivity contribution in [3.05, 3.63) is 65.0 Å². The van der Waals surface area contributed by atoms with Gasteiger partial charge in [0.2, 0.25) is 0 Å². The summed E-state index contributed by atoms with van der Waals surface area (Å²) in [6.45, 7) is 0. The summed E-state index contributed by atoms with van der Waals surface area (Å²) in [6, 6.07) is 5.47. The number of Topliss-reactive ketones (excluding diaryl/α,β-unsaturated/α-hetero) is 1. The highest BCUT2D eigenvalue weighted by molar-refractivity contribution is 6.06. The molecule has 26 heavy (non-hydrogen) atoms. The van der Waals surface area contributed by atoms with E-state index in [-0.39, 0.29) is 17.1 Å². The minimum absolute atomic E-state index is 0.0348. The molecule has 3 rings (SSSR count). The zero-order chi connectivity index (χ0) is 18.7. The Balaban J connectivity index is 2.15.